The van der Waals surface area contributed by atoms with E-state index in [9.17, 15) is 4.79 Å². The summed E-state index contributed by atoms with van der Waals surface area (Å²) >= 11 is 0. The highest BCUT2D eigenvalue weighted by Crippen LogP contribution is 2.18. The van der Waals surface area contributed by atoms with Crippen LogP contribution in [0.1, 0.15) is 29.0 Å². The van der Waals surface area contributed by atoms with Gasteiger partial charge in [-0.25, -0.2) is 4.98 Å². The van der Waals surface area contributed by atoms with Crippen LogP contribution < -0.4 is 11.1 Å². The molecule has 2 heterocycles. The molecule has 0 aliphatic carbocycles. The van der Waals surface area contributed by atoms with Crippen molar-refractivity contribution in [3.05, 3.63) is 29.6 Å². The van der Waals surface area contributed by atoms with Crippen LogP contribution in [0.2, 0.25) is 0 Å². The van der Waals surface area contributed by atoms with Crippen molar-refractivity contribution in [3.63, 3.8) is 0 Å². The number of aromatic nitrogens is 2. The highest BCUT2D eigenvalue weighted by Gasteiger charge is 2.17. The summed E-state index contributed by atoms with van der Waals surface area (Å²) < 4.78 is 0. The molecule has 0 unspecified atom stereocenters. The Bertz CT molecular complexity index is 584. The third-order valence-corrected chi connectivity index (χ3v) is 3.43. The molecule has 94 valence electrons. The van der Waals surface area contributed by atoms with Crippen molar-refractivity contribution in [3.8, 4) is 0 Å². The van der Waals surface area contributed by atoms with E-state index in [2.05, 4.69) is 15.3 Å². The van der Waals surface area contributed by atoms with Gasteiger partial charge in [0.2, 0.25) is 0 Å². The van der Waals surface area contributed by atoms with Gasteiger partial charge in [0, 0.05) is 12.5 Å². The van der Waals surface area contributed by atoms with Crippen LogP contribution in [0.5, 0.6) is 0 Å². The van der Waals surface area contributed by atoms with Gasteiger partial charge in [-0.05, 0) is 31.5 Å². The van der Waals surface area contributed by atoms with Crippen LogP contribution in [0, 0.1) is 0 Å². The first kappa shape index (κ1) is 11.2. The normalized spacial score (nSPS) is 19.4. The van der Waals surface area contributed by atoms with Crippen molar-refractivity contribution in [2.45, 2.75) is 25.3 Å². The van der Waals surface area contributed by atoms with Gasteiger partial charge in [-0.3, -0.25) is 4.79 Å². The number of hydrogen-bond donors (Lipinski definition) is 3. The molecule has 0 saturated carbocycles. The molecule has 18 heavy (non-hydrogen) atoms. The number of primary amides is 1. The second kappa shape index (κ2) is 4.42. The molecule has 5 heteroatoms. The number of nitrogens with two attached hydrogens (primary N) is 1. The summed E-state index contributed by atoms with van der Waals surface area (Å²) in [5.41, 5.74) is 7.41. The molecule has 3 rings (SSSR count). The van der Waals surface area contributed by atoms with Gasteiger partial charge in [0.05, 0.1) is 16.6 Å². The molecule has 1 amide bonds. The number of rotatable bonds is 3. The number of carbonyl (C=O) groups is 1. The van der Waals surface area contributed by atoms with Crippen LogP contribution in [0.15, 0.2) is 18.2 Å². The first-order chi connectivity index (χ1) is 8.74. The van der Waals surface area contributed by atoms with Crippen molar-refractivity contribution in [2.24, 2.45) is 5.73 Å². The van der Waals surface area contributed by atoms with Crippen LogP contribution in [-0.4, -0.2) is 28.5 Å². The molecule has 1 aromatic heterocycles. The fourth-order valence-electron chi connectivity index (χ4n) is 2.55. The maximum Gasteiger partial charge on any atom is 0.250 e. The predicted octanol–water partition coefficient (Wildman–Crippen LogP) is 0.956. The number of benzene rings is 1. The van der Waals surface area contributed by atoms with E-state index >= 15 is 0 Å². The van der Waals surface area contributed by atoms with Crippen molar-refractivity contribution in [1.82, 2.24) is 15.3 Å². The van der Waals surface area contributed by atoms with E-state index in [1.165, 1.54) is 12.8 Å². The number of carbonyl (C=O) groups excluding carboxylic acids is 1. The van der Waals surface area contributed by atoms with Crippen molar-refractivity contribution >= 4 is 16.9 Å². The summed E-state index contributed by atoms with van der Waals surface area (Å²) in [5, 5.41) is 3.44. The van der Waals surface area contributed by atoms with Gasteiger partial charge in [-0.2, -0.15) is 0 Å². The summed E-state index contributed by atoms with van der Waals surface area (Å²) in [6.07, 6.45) is 3.27. The summed E-state index contributed by atoms with van der Waals surface area (Å²) in [6, 6.07) is 5.91. The number of nitrogens with zero attached hydrogens (tertiary/aromatic N) is 1. The Morgan fingerprint density at radius 2 is 2.39 bits per heavy atom. The molecule has 1 aliphatic heterocycles. The number of amides is 1. The fourth-order valence-corrected chi connectivity index (χ4v) is 2.55. The van der Waals surface area contributed by atoms with E-state index in [0.29, 0.717) is 11.6 Å². The Morgan fingerprint density at radius 1 is 1.50 bits per heavy atom. The Hall–Kier alpha value is -1.88. The third-order valence-electron chi connectivity index (χ3n) is 3.43. The average Bonchev–Trinajstić information content (AvgIpc) is 2.96. The topological polar surface area (TPSA) is 83.8 Å². The lowest BCUT2D eigenvalue weighted by molar-refractivity contribution is 0.100. The first-order valence-corrected chi connectivity index (χ1v) is 6.25. The SMILES string of the molecule is NC(=O)c1cccc2nc(C[C@@H]3CCCN3)[nH]c12. The number of nitrogens with one attached hydrogen (secondary N) is 2. The number of imidazole rings is 1. The predicted molar refractivity (Wildman–Crippen MR) is 69.3 cm³/mol. The maximum atomic E-state index is 11.3. The largest absolute Gasteiger partial charge is 0.366 e. The molecule has 0 bridgehead atoms. The zero-order valence-electron chi connectivity index (χ0n) is 10.1. The zero-order chi connectivity index (χ0) is 12.5. The summed E-state index contributed by atoms with van der Waals surface area (Å²) in [6.45, 7) is 1.08. The number of aromatic amines is 1. The molecule has 5 nitrogen and oxygen atoms in total. The molecule has 4 N–H and O–H groups in total. The molecule has 0 radical (unpaired) electrons. The van der Waals surface area contributed by atoms with Gasteiger partial charge in [0.15, 0.2) is 0 Å². The smallest absolute Gasteiger partial charge is 0.250 e. The zero-order valence-corrected chi connectivity index (χ0v) is 10.1. The van der Waals surface area contributed by atoms with Crippen LogP contribution in [0.3, 0.4) is 0 Å². The van der Waals surface area contributed by atoms with Gasteiger partial charge in [0.25, 0.3) is 5.91 Å². The Labute approximate surface area is 105 Å². The lowest BCUT2D eigenvalue weighted by atomic mass is 10.1. The van der Waals surface area contributed by atoms with Gasteiger partial charge < -0.3 is 16.0 Å². The number of hydrogen-bond acceptors (Lipinski definition) is 3. The standard InChI is InChI=1S/C13H16N4O/c14-13(18)9-4-1-5-10-12(9)17-11(16-10)7-8-3-2-6-15-8/h1,4-5,8,15H,2-3,6-7H2,(H2,14,18)(H,16,17)/t8-/m0/s1. The Balaban J connectivity index is 1.94. The van der Waals surface area contributed by atoms with Crippen LogP contribution in [0.25, 0.3) is 11.0 Å². The molecule has 1 atom stereocenters. The Morgan fingerprint density at radius 3 is 3.11 bits per heavy atom. The summed E-state index contributed by atoms with van der Waals surface area (Å²) in [5.74, 6) is 0.493. The minimum atomic E-state index is -0.421. The molecule has 1 saturated heterocycles. The van der Waals surface area contributed by atoms with Crippen molar-refractivity contribution < 1.29 is 4.79 Å². The lowest BCUT2D eigenvalue weighted by Crippen LogP contribution is -2.24. The highest BCUT2D eigenvalue weighted by atomic mass is 16.1. The molecule has 0 spiro atoms. The second-order valence-corrected chi connectivity index (χ2v) is 4.74. The van der Waals surface area contributed by atoms with Gasteiger partial charge in [0.1, 0.15) is 5.82 Å². The van der Waals surface area contributed by atoms with E-state index < -0.39 is 5.91 Å². The quantitative estimate of drug-likeness (QED) is 0.751. The highest BCUT2D eigenvalue weighted by molar-refractivity contribution is 6.03. The van der Waals surface area contributed by atoms with Crippen LogP contribution >= 0.6 is 0 Å². The van der Waals surface area contributed by atoms with E-state index in [1.807, 2.05) is 6.07 Å². The van der Waals surface area contributed by atoms with E-state index in [4.69, 9.17) is 5.73 Å². The van der Waals surface area contributed by atoms with Crippen LogP contribution in [-0.2, 0) is 6.42 Å². The molecular weight excluding hydrogens is 228 g/mol. The van der Waals surface area contributed by atoms with E-state index in [1.54, 1.807) is 12.1 Å². The molecule has 1 aromatic carbocycles. The molecular formula is C13H16N4O. The number of fused-ring (bicyclic) bond motifs is 1. The van der Waals surface area contributed by atoms with E-state index in [-0.39, 0.29) is 0 Å². The lowest BCUT2D eigenvalue weighted by Gasteiger charge is -2.06. The maximum absolute atomic E-state index is 11.3. The Kier molecular flexibility index (Phi) is 2.76. The van der Waals surface area contributed by atoms with Gasteiger partial charge >= 0.3 is 0 Å². The van der Waals surface area contributed by atoms with Gasteiger partial charge in [-0.1, -0.05) is 6.07 Å². The average molecular weight is 244 g/mol. The fraction of sp³-hybridized carbons (Fsp3) is 0.385. The monoisotopic (exact) mass is 244 g/mol. The summed E-state index contributed by atoms with van der Waals surface area (Å²) in [4.78, 5) is 19.1. The minimum absolute atomic E-state index is 0.421. The minimum Gasteiger partial charge on any atom is -0.366 e. The van der Waals surface area contributed by atoms with Crippen LogP contribution in [0.4, 0.5) is 0 Å². The van der Waals surface area contributed by atoms with Crippen molar-refractivity contribution in [2.75, 3.05) is 6.54 Å². The summed E-state index contributed by atoms with van der Waals surface area (Å²) in [7, 11) is 0. The van der Waals surface area contributed by atoms with Gasteiger partial charge in [-0.15, -0.1) is 0 Å². The third kappa shape index (κ3) is 1.97. The molecule has 1 aliphatic rings. The van der Waals surface area contributed by atoms with Crippen molar-refractivity contribution in [1.29, 1.82) is 0 Å². The number of para-hydroxylation sites is 1. The second-order valence-electron chi connectivity index (χ2n) is 4.74. The van der Waals surface area contributed by atoms with E-state index in [0.717, 1.165) is 29.8 Å². The molecule has 1 fully saturated rings. The number of H-pyrrole nitrogens is 1. The first-order valence-electron chi connectivity index (χ1n) is 6.25. The molecule has 2 aromatic rings.